The molecule has 1 amide bonds. The van der Waals surface area contributed by atoms with Crippen molar-refractivity contribution < 1.29 is 19.1 Å². The first-order valence-corrected chi connectivity index (χ1v) is 12.1. The maximum Gasteiger partial charge on any atom is 0.238 e. The van der Waals surface area contributed by atoms with Gasteiger partial charge in [0.25, 0.3) is 0 Å². The lowest BCUT2D eigenvalue weighted by atomic mass is 10.2. The molecule has 178 valence electrons. The van der Waals surface area contributed by atoms with Crippen LogP contribution in [0.2, 0.25) is 0 Å². The quantitative estimate of drug-likeness (QED) is 0.380. The molecule has 0 aliphatic carbocycles. The number of amides is 1. The molecule has 2 aromatic rings. The molecule has 33 heavy (non-hydrogen) atoms. The zero-order valence-electron chi connectivity index (χ0n) is 19.4. The highest BCUT2D eigenvalue weighted by atomic mass is 79.9. The number of methoxy groups -OCH3 is 1. The van der Waals surface area contributed by atoms with Crippen molar-refractivity contribution in [1.29, 1.82) is 0 Å². The summed E-state index contributed by atoms with van der Waals surface area (Å²) >= 11 is 4.85. The van der Waals surface area contributed by atoms with E-state index in [0.717, 1.165) is 39.1 Å². The smallest absolute Gasteiger partial charge is 0.238 e. The fraction of sp³-hybridized carbons (Fsp3) is 0.320. The van der Waals surface area contributed by atoms with Crippen LogP contribution in [0.25, 0.3) is 0 Å². The van der Waals surface area contributed by atoms with Gasteiger partial charge in [-0.2, -0.15) is 0 Å². The average molecular weight is 536 g/mol. The molecule has 1 atom stereocenters. The summed E-state index contributed by atoms with van der Waals surface area (Å²) in [6.07, 6.45) is 5.76. The first-order chi connectivity index (χ1) is 16.0. The number of benzene rings is 2. The van der Waals surface area contributed by atoms with E-state index in [0.29, 0.717) is 13.0 Å². The Morgan fingerprint density at radius 3 is 2.30 bits per heavy atom. The lowest BCUT2D eigenvalue weighted by Crippen LogP contribution is -2.22. The minimum absolute atomic E-state index is 0.0493. The maximum absolute atomic E-state index is 11.1. The number of hydrogen-bond donors (Lipinski definition) is 1. The minimum Gasteiger partial charge on any atom is -0.489 e. The van der Waals surface area contributed by atoms with Crippen LogP contribution in [0.15, 0.2) is 69.1 Å². The Morgan fingerprint density at radius 2 is 1.76 bits per heavy atom. The van der Waals surface area contributed by atoms with Gasteiger partial charge in [0.15, 0.2) is 0 Å². The normalized spacial score (nSPS) is 15.8. The summed E-state index contributed by atoms with van der Waals surface area (Å²) < 4.78 is 11.0. The highest BCUT2D eigenvalue weighted by Crippen LogP contribution is 2.28. The Bertz CT molecular complexity index is 900. The summed E-state index contributed by atoms with van der Waals surface area (Å²) in [6, 6.07) is 16.0. The van der Waals surface area contributed by atoms with E-state index >= 15 is 0 Å². The number of aldehydes is 1. The molecule has 0 spiro atoms. The van der Waals surface area contributed by atoms with Gasteiger partial charge in [0.05, 0.1) is 10.3 Å². The molecule has 0 aromatic heterocycles. The van der Waals surface area contributed by atoms with Crippen molar-refractivity contribution in [3.8, 4) is 5.75 Å². The van der Waals surface area contributed by atoms with Gasteiger partial charge in [-0.05, 0) is 53.9 Å². The molecule has 0 bridgehead atoms. The highest BCUT2D eigenvalue weighted by molar-refractivity contribution is 9.10. The van der Waals surface area contributed by atoms with Gasteiger partial charge in [0.2, 0.25) is 5.91 Å². The van der Waals surface area contributed by atoms with E-state index < -0.39 is 0 Å². The topological polar surface area (TPSA) is 77.0 Å². The third kappa shape index (κ3) is 11.8. The van der Waals surface area contributed by atoms with Gasteiger partial charge in [-0.15, -0.1) is 0 Å². The first kappa shape index (κ1) is 28.6. The Hall–Kier alpha value is -2.42. The van der Waals surface area contributed by atoms with Gasteiger partial charge in [0.1, 0.15) is 18.6 Å². The Balaban J connectivity index is 0.000000314. The molecule has 1 N–H and O–H groups in total. The minimum atomic E-state index is -0.208. The highest BCUT2D eigenvalue weighted by Gasteiger charge is 2.27. The van der Waals surface area contributed by atoms with Crippen LogP contribution in [0.4, 0.5) is 0 Å². The van der Waals surface area contributed by atoms with Gasteiger partial charge < -0.3 is 19.6 Å². The number of hydrogen-bond acceptors (Lipinski definition) is 6. The predicted octanol–water partition coefficient (Wildman–Crippen LogP) is 5.40. The molecule has 1 aliphatic heterocycles. The standard InChI is InChI=1S/C15H14BrNO.C8H11NO2S.C2H6O/c1-17-10-12-4-8-15(9-5-12)18-11-13-2-6-14(16)7-3-13;1-2-3-7-9-8(11)6(12-7)4-5-10;1-3-2/h2-10H,11H2,1H3;3,5-6H,2,4H2,1H3,(H,9,11);1-2H3/b;7-3-;. The Labute approximate surface area is 209 Å². The number of carbonyl (C=O) groups is 2. The van der Waals surface area contributed by atoms with E-state index in [1.165, 1.54) is 11.8 Å². The van der Waals surface area contributed by atoms with Gasteiger partial charge in [-0.1, -0.05) is 52.8 Å². The third-order valence-electron chi connectivity index (χ3n) is 3.98. The summed E-state index contributed by atoms with van der Waals surface area (Å²) in [6.45, 7) is 2.58. The second-order valence-corrected chi connectivity index (χ2v) is 8.91. The van der Waals surface area contributed by atoms with E-state index in [-0.39, 0.29) is 11.2 Å². The third-order valence-corrected chi connectivity index (χ3v) is 5.73. The number of ether oxygens (including phenoxy) is 2. The fourth-order valence-electron chi connectivity index (χ4n) is 2.51. The van der Waals surface area contributed by atoms with Gasteiger partial charge >= 0.3 is 0 Å². The van der Waals surface area contributed by atoms with Crippen molar-refractivity contribution in [3.63, 3.8) is 0 Å². The SMILES string of the molecule is CC/C=C1/NC(=O)C(CC=O)S1.CN=Cc1ccc(OCc2ccc(Br)cc2)cc1.COC. The van der Waals surface area contributed by atoms with Crippen molar-refractivity contribution in [3.05, 3.63) is 75.2 Å². The fourth-order valence-corrected chi connectivity index (χ4v) is 3.85. The second kappa shape index (κ2) is 17.1. The molecular weight excluding hydrogens is 504 g/mol. The van der Waals surface area contributed by atoms with Gasteiger partial charge in [0, 0.05) is 38.4 Å². The molecule has 1 saturated heterocycles. The summed E-state index contributed by atoms with van der Waals surface area (Å²) in [5.74, 6) is 0.818. The van der Waals surface area contributed by atoms with E-state index in [2.05, 4.69) is 31.0 Å². The summed E-state index contributed by atoms with van der Waals surface area (Å²) in [5, 5.41) is 3.39. The molecule has 1 aliphatic rings. The summed E-state index contributed by atoms with van der Waals surface area (Å²) in [4.78, 5) is 25.2. The van der Waals surface area contributed by atoms with E-state index in [1.807, 2.05) is 67.7 Å². The van der Waals surface area contributed by atoms with Crippen LogP contribution in [0.1, 0.15) is 30.9 Å². The predicted molar refractivity (Wildman–Crippen MR) is 140 cm³/mol. The van der Waals surface area contributed by atoms with Crippen molar-refractivity contribution in [2.45, 2.75) is 31.6 Å². The zero-order chi connectivity index (χ0) is 24.5. The number of thioether (sulfide) groups is 1. The van der Waals surface area contributed by atoms with Crippen LogP contribution in [-0.2, 0) is 20.9 Å². The van der Waals surface area contributed by atoms with Crippen LogP contribution in [0.3, 0.4) is 0 Å². The van der Waals surface area contributed by atoms with Crippen molar-refractivity contribution >= 4 is 46.1 Å². The van der Waals surface area contributed by atoms with Crippen molar-refractivity contribution in [2.24, 2.45) is 4.99 Å². The van der Waals surface area contributed by atoms with Crippen LogP contribution in [-0.4, -0.2) is 44.9 Å². The van der Waals surface area contributed by atoms with Crippen molar-refractivity contribution in [2.75, 3.05) is 21.3 Å². The van der Waals surface area contributed by atoms with Crippen LogP contribution in [0, 0.1) is 0 Å². The molecular formula is C25H31BrN2O4S. The molecule has 3 rings (SSSR count). The molecule has 1 unspecified atom stereocenters. The molecule has 0 saturated carbocycles. The lowest BCUT2D eigenvalue weighted by molar-refractivity contribution is -0.120. The number of aliphatic imine (C=N–C) groups is 1. The monoisotopic (exact) mass is 534 g/mol. The molecule has 0 radical (unpaired) electrons. The number of nitrogens with zero attached hydrogens (tertiary/aromatic N) is 1. The van der Waals surface area contributed by atoms with Crippen LogP contribution < -0.4 is 10.1 Å². The number of rotatable bonds is 7. The van der Waals surface area contributed by atoms with E-state index in [4.69, 9.17) is 4.74 Å². The Kier molecular flexibility index (Phi) is 14.8. The zero-order valence-corrected chi connectivity index (χ0v) is 21.8. The summed E-state index contributed by atoms with van der Waals surface area (Å²) in [7, 11) is 5.01. The average Bonchev–Trinajstić information content (AvgIpc) is 3.15. The second-order valence-electron chi connectivity index (χ2n) is 6.75. The maximum atomic E-state index is 11.1. The van der Waals surface area contributed by atoms with Crippen LogP contribution >= 0.6 is 27.7 Å². The van der Waals surface area contributed by atoms with E-state index in [9.17, 15) is 9.59 Å². The molecule has 8 heteroatoms. The Morgan fingerprint density at radius 1 is 1.12 bits per heavy atom. The number of nitrogens with one attached hydrogen (secondary N) is 1. The molecule has 2 aromatic carbocycles. The van der Waals surface area contributed by atoms with Crippen LogP contribution in [0.5, 0.6) is 5.75 Å². The lowest BCUT2D eigenvalue weighted by Gasteiger charge is -2.06. The van der Waals surface area contributed by atoms with Gasteiger partial charge in [-0.25, -0.2) is 0 Å². The van der Waals surface area contributed by atoms with Crippen molar-refractivity contribution in [1.82, 2.24) is 5.32 Å². The van der Waals surface area contributed by atoms with E-state index in [1.54, 1.807) is 21.3 Å². The summed E-state index contributed by atoms with van der Waals surface area (Å²) in [5.41, 5.74) is 2.23. The van der Waals surface area contributed by atoms with Gasteiger partial charge in [-0.3, -0.25) is 9.79 Å². The number of carbonyl (C=O) groups excluding carboxylic acids is 2. The molecule has 1 heterocycles. The molecule has 1 fully saturated rings. The molecule has 6 nitrogen and oxygen atoms in total. The first-order valence-electron chi connectivity index (χ1n) is 10.4. The largest absolute Gasteiger partial charge is 0.489 e. The number of allylic oxidation sites excluding steroid dienone is 1. The number of halogens is 1.